The molecular formula is C6H16FNO6. The molecule has 0 aliphatic carbocycles. The summed E-state index contributed by atoms with van der Waals surface area (Å²) < 4.78 is 0. The molecule has 7 nitrogen and oxygen atoms in total. The Kier molecular flexibility index (Phi) is 14.5. The molecule has 3 N–H and O–H groups in total. The fourth-order valence-electron chi connectivity index (χ4n) is 0.458. The van der Waals surface area contributed by atoms with Crippen LogP contribution < -0.4 is 0 Å². The van der Waals surface area contributed by atoms with Gasteiger partial charge in [-0.1, -0.05) is 0 Å². The highest BCUT2D eigenvalue weighted by molar-refractivity contribution is 4.19. The lowest BCUT2D eigenvalue weighted by molar-refractivity contribution is -0.527. The Bertz CT molecular complexity index is 89.3. The zero-order valence-electron chi connectivity index (χ0n) is 7.66. The lowest BCUT2D eigenvalue weighted by Crippen LogP contribution is -2.28. The maximum absolute atomic E-state index is 8.40. The normalized spacial score (nSPS) is 10.3. The van der Waals surface area contributed by atoms with E-state index in [0.29, 0.717) is 5.39 Å². The van der Waals surface area contributed by atoms with Gasteiger partial charge in [0.25, 0.3) is 0 Å². The van der Waals surface area contributed by atoms with Crippen molar-refractivity contribution < 1.29 is 34.5 Å². The van der Waals surface area contributed by atoms with Crippen molar-refractivity contribution in [2.24, 2.45) is 0 Å². The molecule has 0 radical (unpaired) electrons. The summed E-state index contributed by atoms with van der Waals surface area (Å²) in [7, 11) is 0. The summed E-state index contributed by atoms with van der Waals surface area (Å²) in [6, 6.07) is 0. The number of nitrogens with zero attached hydrogens (tertiary/aromatic N) is 1. The average Bonchev–Trinajstić information content (AvgIpc) is 2.17. The van der Waals surface area contributed by atoms with Crippen LogP contribution in [0.4, 0.5) is 4.70 Å². The van der Waals surface area contributed by atoms with Crippen LogP contribution in [-0.2, 0) is 14.5 Å². The molecule has 0 atom stereocenters. The van der Waals surface area contributed by atoms with Gasteiger partial charge in [-0.25, -0.2) is 14.5 Å². The number of halogens is 1. The van der Waals surface area contributed by atoms with Gasteiger partial charge in [-0.3, -0.25) is 4.70 Å². The van der Waals surface area contributed by atoms with Gasteiger partial charge in [-0.2, -0.15) is 0 Å². The molecule has 0 saturated heterocycles. The van der Waals surface area contributed by atoms with Crippen LogP contribution in [0.1, 0.15) is 0 Å². The Hall–Kier alpha value is -0.350. The van der Waals surface area contributed by atoms with Gasteiger partial charge in [0, 0.05) is 0 Å². The first-order valence-electron chi connectivity index (χ1n) is 3.86. The van der Waals surface area contributed by atoms with Crippen molar-refractivity contribution in [2.45, 2.75) is 0 Å². The van der Waals surface area contributed by atoms with E-state index >= 15 is 0 Å². The van der Waals surface area contributed by atoms with Crippen molar-refractivity contribution in [3.8, 4) is 0 Å². The van der Waals surface area contributed by atoms with Crippen LogP contribution in [0.3, 0.4) is 0 Å². The van der Waals surface area contributed by atoms with Gasteiger partial charge in [-0.15, -0.1) is 0 Å². The van der Waals surface area contributed by atoms with Crippen LogP contribution in [0, 0.1) is 0 Å². The molecule has 0 unspecified atom stereocenters. The maximum Gasteiger partial charge on any atom is 0.0967 e. The second-order valence-corrected chi connectivity index (χ2v) is 1.89. The van der Waals surface area contributed by atoms with Crippen LogP contribution >= 0.6 is 0 Å². The summed E-state index contributed by atoms with van der Waals surface area (Å²) in [6.45, 7) is -0.505. The molecule has 0 fully saturated rings. The summed E-state index contributed by atoms with van der Waals surface area (Å²) >= 11 is 0. The smallest absolute Gasteiger partial charge is 0.0967 e. The highest BCUT2D eigenvalue weighted by Crippen LogP contribution is 1.93. The van der Waals surface area contributed by atoms with Crippen LogP contribution in [0.25, 0.3) is 0 Å². The first-order chi connectivity index (χ1) is 6.35. The highest BCUT2D eigenvalue weighted by Gasteiger charge is 2.05. The van der Waals surface area contributed by atoms with E-state index in [1.807, 2.05) is 0 Å². The minimum Gasteiger partial charge on any atom is -0.394 e. The van der Waals surface area contributed by atoms with Gasteiger partial charge < -0.3 is 15.3 Å². The second-order valence-electron chi connectivity index (χ2n) is 1.89. The molecule has 0 aromatic heterocycles. The monoisotopic (exact) mass is 217 g/mol. The zero-order valence-corrected chi connectivity index (χ0v) is 7.66. The van der Waals surface area contributed by atoms with Gasteiger partial charge in [0.05, 0.1) is 45.0 Å². The molecular weight excluding hydrogens is 201 g/mol. The molecule has 0 saturated carbocycles. The Morgan fingerprint density at radius 3 is 1.21 bits per heavy atom. The van der Waals surface area contributed by atoms with E-state index in [0.717, 1.165) is 0 Å². The molecule has 0 aliphatic heterocycles. The summed E-state index contributed by atoms with van der Waals surface area (Å²) in [5.41, 5.74) is 0. The van der Waals surface area contributed by atoms with E-state index in [9.17, 15) is 0 Å². The summed E-state index contributed by atoms with van der Waals surface area (Å²) in [5.74, 6) is 0. The van der Waals surface area contributed by atoms with E-state index in [4.69, 9.17) is 29.8 Å². The largest absolute Gasteiger partial charge is 0.394 e. The van der Waals surface area contributed by atoms with Crippen LogP contribution in [0.2, 0.25) is 0 Å². The number of hydrogen-bond donors (Lipinski definition) is 3. The van der Waals surface area contributed by atoms with Crippen molar-refractivity contribution >= 4 is 0 Å². The SMILES string of the molecule is F.OCCON(OCCO)OCCO. The van der Waals surface area contributed by atoms with E-state index in [1.165, 1.54) is 0 Å². The molecule has 0 heterocycles. The summed E-state index contributed by atoms with van der Waals surface area (Å²) in [4.78, 5) is 14.1. The molecule has 0 spiro atoms. The Morgan fingerprint density at radius 1 is 0.714 bits per heavy atom. The Labute approximate surface area is 80.6 Å². The molecule has 0 bridgehead atoms. The fourth-order valence-corrected chi connectivity index (χ4v) is 0.458. The maximum atomic E-state index is 8.40. The van der Waals surface area contributed by atoms with E-state index in [1.54, 1.807) is 0 Å². The zero-order chi connectivity index (χ0) is 9.94. The average molecular weight is 217 g/mol. The molecule has 0 aromatic carbocycles. The first-order valence-corrected chi connectivity index (χ1v) is 3.86. The minimum absolute atomic E-state index is 0. The van der Waals surface area contributed by atoms with Crippen LogP contribution in [0.15, 0.2) is 0 Å². The molecule has 8 heteroatoms. The fraction of sp³-hybridized carbons (Fsp3) is 1.00. The van der Waals surface area contributed by atoms with Crippen LogP contribution in [-0.4, -0.2) is 60.4 Å². The van der Waals surface area contributed by atoms with Crippen molar-refractivity contribution in [1.29, 1.82) is 0 Å². The quantitative estimate of drug-likeness (QED) is 0.393. The molecule has 0 aromatic rings. The molecule has 0 rings (SSSR count). The third kappa shape index (κ3) is 9.74. The predicted molar refractivity (Wildman–Crippen MR) is 43.5 cm³/mol. The third-order valence-corrected chi connectivity index (χ3v) is 0.864. The first kappa shape index (κ1) is 16.1. The lowest BCUT2D eigenvalue weighted by Gasteiger charge is -2.17. The predicted octanol–water partition coefficient (Wildman–Crippen LogP) is -1.79. The van der Waals surface area contributed by atoms with Gasteiger partial charge >= 0.3 is 0 Å². The minimum atomic E-state index is -0.179. The molecule has 14 heavy (non-hydrogen) atoms. The van der Waals surface area contributed by atoms with Gasteiger partial charge in [0.1, 0.15) is 0 Å². The summed E-state index contributed by atoms with van der Waals surface area (Å²) in [6.07, 6.45) is 0. The van der Waals surface area contributed by atoms with Gasteiger partial charge in [-0.05, 0) is 0 Å². The molecule has 0 aliphatic rings. The van der Waals surface area contributed by atoms with Crippen molar-refractivity contribution in [3.05, 3.63) is 0 Å². The number of rotatable bonds is 9. The number of hydrogen-bond acceptors (Lipinski definition) is 7. The van der Waals surface area contributed by atoms with Gasteiger partial charge in [0.2, 0.25) is 0 Å². The van der Waals surface area contributed by atoms with E-state index < -0.39 is 0 Å². The lowest BCUT2D eigenvalue weighted by atomic mass is 10.8. The number of aliphatic hydroxyl groups excluding tert-OH is 3. The second kappa shape index (κ2) is 12.7. The van der Waals surface area contributed by atoms with Gasteiger partial charge in [0.15, 0.2) is 0 Å². The standard InChI is InChI=1S/C6H15NO6.FH/c8-1-4-11-7(12-5-2-9)13-6-3-10;/h8-10H,1-6H2;1H. The highest BCUT2D eigenvalue weighted by atomic mass is 19.0. The number of aliphatic hydroxyl groups is 3. The van der Waals surface area contributed by atoms with E-state index in [2.05, 4.69) is 0 Å². The van der Waals surface area contributed by atoms with E-state index in [-0.39, 0.29) is 44.3 Å². The Morgan fingerprint density at radius 2 is 1.00 bits per heavy atom. The van der Waals surface area contributed by atoms with Crippen molar-refractivity contribution in [2.75, 3.05) is 39.6 Å². The molecule has 0 amide bonds. The van der Waals surface area contributed by atoms with Crippen molar-refractivity contribution in [1.82, 2.24) is 5.39 Å². The molecule has 88 valence electrons. The van der Waals surface area contributed by atoms with Crippen LogP contribution in [0.5, 0.6) is 0 Å². The topological polar surface area (TPSA) is 91.6 Å². The van der Waals surface area contributed by atoms with Crippen molar-refractivity contribution in [3.63, 3.8) is 0 Å². The Balaban J connectivity index is 0. The summed E-state index contributed by atoms with van der Waals surface area (Å²) in [5, 5.41) is 25.9. The third-order valence-electron chi connectivity index (χ3n) is 0.864.